The van der Waals surface area contributed by atoms with Crippen molar-refractivity contribution in [1.29, 1.82) is 0 Å². The van der Waals surface area contributed by atoms with Gasteiger partial charge in [-0.2, -0.15) is 0 Å². The molecule has 1 heterocycles. The molecular formula is C36H59BrN10O16S. The number of aliphatic carboxylic acids is 3. The number of unbranched alkanes of at least 4 members (excludes halogenated alkanes) is 1. The normalized spacial score (nSPS) is 13.5. The van der Waals surface area contributed by atoms with Crippen LogP contribution in [-0.4, -0.2) is 166 Å². The largest absolute Gasteiger partial charge is 0.480 e. The van der Waals surface area contributed by atoms with Crippen LogP contribution in [0.5, 0.6) is 0 Å². The molecule has 6 amide bonds. The molecule has 0 aliphatic carbocycles. The smallest absolute Gasteiger partial charge is 0.326 e. The van der Waals surface area contributed by atoms with Crippen molar-refractivity contribution in [3.05, 3.63) is 5.82 Å². The number of halogens is 1. The van der Waals surface area contributed by atoms with E-state index in [1.165, 1.54) is 0 Å². The summed E-state index contributed by atoms with van der Waals surface area (Å²) in [4.78, 5) is 108. The van der Waals surface area contributed by atoms with E-state index in [1.54, 1.807) is 6.92 Å². The fraction of sp³-hybridized carbons (Fsp3) is 0.722. The Kier molecular flexibility index (Phi) is 27.9. The van der Waals surface area contributed by atoms with E-state index < -0.39 is 107 Å². The van der Waals surface area contributed by atoms with Gasteiger partial charge in [-0.15, -0.1) is 5.10 Å². The highest BCUT2D eigenvalue weighted by atomic mass is 79.9. The molecule has 0 aliphatic heterocycles. The molecule has 0 saturated carbocycles. The number of ether oxygens (including phenoxy) is 2. The van der Waals surface area contributed by atoms with E-state index in [4.69, 9.17) is 9.47 Å². The number of aromatic nitrogens is 4. The Bertz CT molecular complexity index is 1790. The third-order valence-electron chi connectivity index (χ3n) is 9.23. The Morgan fingerprint density at radius 1 is 0.656 bits per heavy atom. The molecule has 0 aromatic carbocycles. The number of nitrogens with one attached hydrogen (secondary N) is 7. The molecule has 0 spiro atoms. The van der Waals surface area contributed by atoms with Crippen LogP contribution < -0.4 is 31.3 Å². The van der Waals surface area contributed by atoms with Gasteiger partial charge >= 0.3 is 17.9 Å². The number of carbonyl (C=O) groups is 9. The molecule has 5 atom stereocenters. The van der Waals surface area contributed by atoms with E-state index in [2.05, 4.69) is 63.1 Å². The molecule has 0 aliphatic rings. The van der Waals surface area contributed by atoms with Crippen molar-refractivity contribution in [2.75, 3.05) is 50.6 Å². The SMILES string of the molecule is CC(CC(=O)NS(=O)(=O)CCCC(=O)NC(CCC(=O)NC(CCC(=O)NCCOCCOCC(=O)NC(CCCCNC(=O)CBr)C(=O)O)C(=O)O)C(=O)O)C(C)Cc1nnn[nH]1. The molecule has 28 heteroatoms. The summed E-state index contributed by atoms with van der Waals surface area (Å²) in [5.41, 5.74) is 0. The lowest BCUT2D eigenvalue weighted by Gasteiger charge is -2.18. The quantitative estimate of drug-likeness (QED) is 0.0250. The van der Waals surface area contributed by atoms with Crippen molar-refractivity contribution in [3.63, 3.8) is 0 Å². The number of amides is 6. The van der Waals surface area contributed by atoms with Gasteiger partial charge in [0, 0.05) is 45.2 Å². The third-order valence-corrected chi connectivity index (χ3v) is 11.1. The minimum absolute atomic E-state index is 0.0210. The van der Waals surface area contributed by atoms with Gasteiger partial charge in [-0.25, -0.2) is 27.9 Å². The summed E-state index contributed by atoms with van der Waals surface area (Å²) in [6.45, 7) is 3.64. The summed E-state index contributed by atoms with van der Waals surface area (Å²) in [5.74, 6) is -8.38. The first-order valence-corrected chi connectivity index (χ1v) is 23.1. The van der Waals surface area contributed by atoms with Crippen LogP contribution >= 0.6 is 15.9 Å². The molecule has 1 aromatic rings. The minimum atomic E-state index is -4.11. The Hall–Kier alpha value is -5.35. The molecule has 0 bridgehead atoms. The maximum atomic E-state index is 12.5. The second kappa shape index (κ2) is 31.5. The highest BCUT2D eigenvalue weighted by Crippen LogP contribution is 2.18. The summed E-state index contributed by atoms with van der Waals surface area (Å²) >= 11 is 3.02. The number of carboxylic acid groups (broad SMARTS) is 3. The molecule has 64 heavy (non-hydrogen) atoms. The fourth-order valence-electron chi connectivity index (χ4n) is 5.53. The van der Waals surface area contributed by atoms with Crippen LogP contribution in [0.15, 0.2) is 0 Å². The summed E-state index contributed by atoms with van der Waals surface area (Å²) in [5, 5.41) is 53.8. The molecule has 10 N–H and O–H groups in total. The number of sulfonamides is 1. The Morgan fingerprint density at radius 2 is 1.22 bits per heavy atom. The lowest BCUT2D eigenvalue weighted by molar-refractivity contribution is -0.143. The van der Waals surface area contributed by atoms with Gasteiger partial charge in [0.15, 0.2) is 0 Å². The van der Waals surface area contributed by atoms with Gasteiger partial charge in [0.2, 0.25) is 45.5 Å². The number of H-pyrrole nitrogens is 1. The number of nitrogens with zero attached hydrogens (tertiary/aromatic N) is 3. The average molecular weight is 1000 g/mol. The zero-order valence-corrected chi connectivity index (χ0v) is 38.0. The van der Waals surface area contributed by atoms with Gasteiger partial charge in [-0.05, 0) is 60.8 Å². The number of alkyl halides is 1. The summed E-state index contributed by atoms with van der Waals surface area (Å²) in [6.07, 6.45) is -0.791. The lowest BCUT2D eigenvalue weighted by atomic mass is 9.90. The second-order valence-corrected chi connectivity index (χ2v) is 17.0. The van der Waals surface area contributed by atoms with Crippen molar-refractivity contribution in [2.24, 2.45) is 11.8 Å². The van der Waals surface area contributed by atoms with E-state index in [0.717, 1.165) is 0 Å². The lowest BCUT2D eigenvalue weighted by Crippen LogP contribution is -2.44. The van der Waals surface area contributed by atoms with Gasteiger partial charge < -0.3 is 51.4 Å². The van der Waals surface area contributed by atoms with Crippen LogP contribution in [0, 0.1) is 11.8 Å². The van der Waals surface area contributed by atoms with Crippen molar-refractivity contribution in [1.82, 2.24) is 51.9 Å². The van der Waals surface area contributed by atoms with Gasteiger partial charge in [0.25, 0.3) is 0 Å². The van der Waals surface area contributed by atoms with Crippen LogP contribution in [0.25, 0.3) is 0 Å². The van der Waals surface area contributed by atoms with Crippen molar-refractivity contribution in [2.45, 2.75) is 103 Å². The van der Waals surface area contributed by atoms with Gasteiger partial charge in [-0.3, -0.25) is 33.5 Å². The van der Waals surface area contributed by atoms with Gasteiger partial charge in [0.1, 0.15) is 30.6 Å². The highest BCUT2D eigenvalue weighted by molar-refractivity contribution is 9.09. The van der Waals surface area contributed by atoms with Gasteiger partial charge in [-0.1, -0.05) is 29.8 Å². The standard InChI is InChI=1S/C36H59BrN10O16S/c1-22(18-27-43-46-47-44-27)23(2)19-31(51)45-64(60,61)17-5-7-29(49)40-26(36(58)59)9-11-30(50)41-25(35(56)57)8-10-28(48)39-13-14-62-15-16-63-21-33(53)42-24(34(54)55)6-3-4-12-38-32(52)20-37/h22-26H,3-21H2,1-2H3,(H,38,52)(H,39,48)(H,40,49)(H,41,50)(H,42,53)(H,45,51)(H,54,55)(H,56,57)(H,58,59)(H,43,44,46,47). The van der Waals surface area contributed by atoms with Crippen LogP contribution in [0.4, 0.5) is 0 Å². The topological polar surface area (TPSA) is 394 Å². The minimum Gasteiger partial charge on any atom is -0.480 e. The van der Waals surface area contributed by atoms with Crippen LogP contribution in [0.2, 0.25) is 0 Å². The maximum absolute atomic E-state index is 12.5. The first-order chi connectivity index (χ1) is 30.2. The van der Waals surface area contributed by atoms with Crippen LogP contribution in [-0.2, 0) is 69.1 Å². The van der Waals surface area contributed by atoms with Crippen LogP contribution in [0.1, 0.15) is 83.9 Å². The van der Waals surface area contributed by atoms with E-state index in [1.807, 2.05) is 11.6 Å². The molecule has 1 aromatic heterocycles. The predicted molar refractivity (Wildman–Crippen MR) is 224 cm³/mol. The van der Waals surface area contributed by atoms with Gasteiger partial charge in [0.05, 0.1) is 30.9 Å². The van der Waals surface area contributed by atoms with E-state index in [9.17, 15) is 66.9 Å². The molecule has 362 valence electrons. The number of hydrogen-bond acceptors (Lipinski definition) is 16. The van der Waals surface area contributed by atoms with E-state index >= 15 is 0 Å². The molecule has 0 radical (unpaired) electrons. The number of aromatic amines is 1. The molecular weight excluding hydrogens is 940 g/mol. The van der Waals surface area contributed by atoms with E-state index in [0.29, 0.717) is 31.6 Å². The summed E-state index contributed by atoms with van der Waals surface area (Å²) in [7, 11) is -4.11. The predicted octanol–water partition coefficient (Wildman–Crippen LogP) is -2.27. The third kappa shape index (κ3) is 27.0. The summed E-state index contributed by atoms with van der Waals surface area (Å²) in [6, 6.07) is -4.20. The first-order valence-electron chi connectivity index (χ1n) is 20.3. The number of tetrazole rings is 1. The van der Waals surface area contributed by atoms with Crippen LogP contribution in [0.3, 0.4) is 0 Å². The number of hydrogen-bond donors (Lipinski definition) is 10. The number of carboxylic acids is 3. The Labute approximate surface area is 377 Å². The highest BCUT2D eigenvalue weighted by Gasteiger charge is 2.26. The van der Waals surface area contributed by atoms with Crippen molar-refractivity contribution >= 4 is 79.3 Å². The second-order valence-electron chi connectivity index (χ2n) is 14.6. The van der Waals surface area contributed by atoms with E-state index in [-0.39, 0.29) is 81.5 Å². The molecule has 0 fully saturated rings. The van der Waals surface area contributed by atoms with Crippen molar-refractivity contribution in [3.8, 4) is 0 Å². The zero-order valence-electron chi connectivity index (χ0n) is 35.6. The molecule has 26 nitrogen and oxygen atoms in total. The fourth-order valence-corrected chi connectivity index (χ4v) is 6.79. The maximum Gasteiger partial charge on any atom is 0.326 e. The first kappa shape index (κ1) is 56.7. The molecule has 5 unspecified atom stereocenters. The average Bonchev–Trinajstić information content (AvgIpc) is 3.73. The molecule has 0 saturated heterocycles. The monoisotopic (exact) mass is 998 g/mol. The number of rotatable bonds is 36. The zero-order chi connectivity index (χ0) is 48.1. The Balaban J connectivity index is 2.31. The van der Waals surface area contributed by atoms with Crippen molar-refractivity contribution < 1.29 is 76.4 Å². The Morgan fingerprint density at radius 3 is 1.81 bits per heavy atom. The summed E-state index contributed by atoms with van der Waals surface area (Å²) < 4.78 is 37.3. The number of carbonyl (C=O) groups excluding carboxylic acids is 6. The molecule has 1 rings (SSSR count).